The van der Waals surface area contributed by atoms with Crippen molar-refractivity contribution < 1.29 is 9.53 Å². The number of anilines is 1. The number of esters is 1. The summed E-state index contributed by atoms with van der Waals surface area (Å²) >= 11 is 0. The first-order valence-electron chi connectivity index (χ1n) is 6.33. The van der Waals surface area contributed by atoms with Crippen LogP contribution in [0, 0.1) is 0 Å². The first kappa shape index (κ1) is 19.6. The van der Waals surface area contributed by atoms with E-state index in [1.165, 1.54) is 19.6 Å². The van der Waals surface area contributed by atoms with Crippen molar-refractivity contribution >= 4 is 42.7 Å². The zero-order valence-corrected chi connectivity index (χ0v) is 13.4. The third kappa shape index (κ3) is 6.75. The predicted octanol–water partition coefficient (Wildman–Crippen LogP) is 1.67. The van der Waals surface area contributed by atoms with E-state index in [0.29, 0.717) is 11.7 Å². The number of aromatic nitrogens is 2. The van der Waals surface area contributed by atoms with Gasteiger partial charge in [-0.2, -0.15) is 0 Å². The van der Waals surface area contributed by atoms with Crippen LogP contribution in [0.25, 0.3) is 6.08 Å². The van der Waals surface area contributed by atoms with Gasteiger partial charge in [-0.25, -0.2) is 9.78 Å². The van der Waals surface area contributed by atoms with Crippen molar-refractivity contribution in [1.82, 2.24) is 15.3 Å². The van der Waals surface area contributed by atoms with Gasteiger partial charge in [0.25, 0.3) is 0 Å². The average Bonchev–Trinajstić information content (AvgIpc) is 2.47. The molecule has 6 nitrogen and oxygen atoms in total. The van der Waals surface area contributed by atoms with Gasteiger partial charge in [-0.3, -0.25) is 4.98 Å². The topological polar surface area (TPSA) is 76.1 Å². The zero-order valence-electron chi connectivity index (χ0n) is 11.7. The molecule has 0 radical (unpaired) electrons. The maximum absolute atomic E-state index is 10.9. The van der Waals surface area contributed by atoms with Gasteiger partial charge in [0.2, 0.25) is 0 Å². The third-order valence-corrected chi connectivity index (χ3v) is 2.91. The number of rotatable bonds is 4. The molecule has 0 bridgehead atoms. The number of methoxy groups -OCH3 is 1. The summed E-state index contributed by atoms with van der Waals surface area (Å²) in [6.07, 6.45) is 8.50. The van der Waals surface area contributed by atoms with Gasteiger partial charge in [0.05, 0.1) is 25.2 Å². The minimum absolute atomic E-state index is 0. The quantitative estimate of drug-likeness (QED) is 0.644. The molecule has 1 aliphatic rings. The Kier molecular flexibility index (Phi) is 9.69. The average molecular weight is 335 g/mol. The summed E-state index contributed by atoms with van der Waals surface area (Å²) in [6.45, 7) is 2.03. The highest BCUT2D eigenvalue weighted by molar-refractivity contribution is 5.86. The molecule has 8 heteroatoms. The zero-order chi connectivity index (χ0) is 13.5. The van der Waals surface area contributed by atoms with Gasteiger partial charge in [-0.05, 0) is 25.5 Å². The fourth-order valence-electron chi connectivity index (χ4n) is 1.90. The van der Waals surface area contributed by atoms with Crippen LogP contribution in [0.5, 0.6) is 0 Å². The molecule has 0 aliphatic carbocycles. The summed E-state index contributed by atoms with van der Waals surface area (Å²) < 4.78 is 4.50. The van der Waals surface area contributed by atoms with Crippen molar-refractivity contribution in [1.29, 1.82) is 0 Å². The Hall–Kier alpha value is -1.37. The molecular weight excluding hydrogens is 315 g/mol. The minimum Gasteiger partial charge on any atom is -0.466 e. The van der Waals surface area contributed by atoms with Crippen molar-refractivity contribution in [2.45, 2.75) is 18.9 Å². The van der Waals surface area contributed by atoms with E-state index in [-0.39, 0.29) is 24.8 Å². The van der Waals surface area contributed by atoms with Crippen LogP contribution >= 0.6 is 24.8 Å². The summed E-state index contributed by atoms with van der Waals surface area (Å²) in [5.74, 6) is 0.348. The highest BCUT2D eigenvalue weighted by Gasteiger charge is 2.12. The number of ether oxygens (including phenoxy) is 1. The number of halogens is 2. The van der Waals surface area contributed by atoms with E-state index in [2.05, 4.69) is 25.3 Å². The Morgan fingerprint density at radius 2 is 2.24 bits per heavy atom. The van der Waals surface area contributed by atoms with Gasteiger partial charge in [0.15, 0.2) is 0 Å². The van der Waals surface area contributed by atoms with E-state index in [9.17, 15) is 4.79 Å². The first-order chi connectivity index (χ1) is 9.28. The molecule has 0 amide bonds. The fraction of sp³-hybridized carbons (Fsp3) is 0.462. The molecule has 1 aliphatic heterocycles. The molecule has 0 saturated carbocycles. The van der Waals surface area contributed by atoms with Gasteiger partial charge in [-0.15, -0.1) is 24.8 Å². The van der Waals surface area contributed by atoms with Crippen LogP contribution in [-0.2, 0) is 9.53 Å². The van der Waals surface area contributed by atoms with Crippen LogP contribution in [0.3, 0.4) is 0 Å². The monoisotopic (exact) mass is 334 g/mol. The minimum atomic E-state index is -0.405. The smallest absolute Gasteiger partial charge is 0.330 e. The molecule has 2 rings (SSSR count). The Morgan fingerprint density at radius 3 is 2.81 bits per heavy atom. The molecule has 21 heavy (non-hydrogen) atoms. The van der Waals surface area contributed by atoms with E-state index in [1.54, 1.807) is 18.5 Å². The molecule has 0 spiro atoms. The second-order valence-electron chi connectivity index (χ2n) is 4.37. The van der Waals surface area contributed by atoms with Crippen LogP contribution in [0.4, 0.5) is 5.82 Å². The predicted molar refractivity (Wildman–Crippen MR) is 87.1 cm³/mol. The lowest BCUT2D eigenvalue weighted by atomic mass is 10.1. The second-order valence-corrected chi connectivity index (χ2v) is 4.37. The van der Waals surface area contributed by atoms with E-state index in [4.69, 9.17) is 0 Å². The van der Waals surface area contributed by atoms with E-state index < -0.39 is 5.97 Å². The molecule has 0 aromatic carbocycles. The van der Waals surface area contributed by atoms with E-state index >= 15 is 0 Å². The number of nitrogens with zero attached hydrogens (tertiary/aromatic N) is 2. The molecule has 0 unspecified atom stereocenters. The number of hydrogen-bond acceptors (Lipinski definition) is 6. The van der Waals surface area contributed by atoms with Crippen molar-refractivity contribution in [3.63, 3.8) is 0 Å². The van der Waals surface area contributed by atoms with Gasteiger partial charge in [0.1, 0.15) is 5.82 Å². The summed E-state index contributed by atoms with van der Waals surface area (Å²) in [4.78, 5) is 19.4. The molecule has 1 fully saturated rings. The molecule has 2 heterocycles. The molecule has 1 aromatic heterocycles. The van der Waals surface area contributed by atoms with Crippen LogP contribution in [0.2, 0.25) is 0 Å². The molecule has 1 atom stereocenters. The number of carbonyl (C=O) groups excluding carboxylic acids is 1. The molecule has 118 valence electrons. The summed E-state index contributed by atoms with van der Waals surface area (Å²) in [5.41, 5.74) is 0.623. The van der Waals surface area contributed by atoms with Crippen molar-refractivity contribution in [2.24, 2.45) is 0 Å². The molecule has 2 N–H and O–H groups in total. The van der Waals surface area contributed by atoms with Crippen molar-refractivity contribution in [3.05, 3.63) is 24.2 Å². The van der Waals surface area contributed by atoms with Crippen molar-refractivity contribution in [3.8, 4) is 0 Å². The standard InChI is InChI=1S/C13H18N4O2.2ClH/c1-19-13(18)5-4-10-8-16-12(9-15-10)17-11-3-2-6-14-7-11;;/h4-5,8-9,11,14H,2-3,6-7H2,1H3,(H,16,17);2*1H/t11-;;/m1../s1. The number of hydrogen-bond donors (Lipinski definition) is 2. The van der Waals surface area contributed by atoms with E-state index in [0.717, 1.165) is 25.3 Å². The van der Waals surface area contributed by atoms with Crippen LogP contribution in [-0.4, -0.2) is 42.2 Å². The lowest BCUT2D eigenvalue weighted by Crippen LogP contribution is -2.38. The number of nitrogens with one attached hydrogen (secondary N) is 2. The largest absolute Gasteiger partial charge is 0.466 e. The fourth-order valence-corrected chi connectivity index (χ4v) is 1.90. The Labute approximate surface area is 136 Å². The Balaban J connectivity index is 0.00000200. The normalized spacial score (nSPS) is 17.5. The SMILES string of the molecule is COC(=O)C=Cc1cnc(N[C@@H]2CCCNC2)cn1.Cl.Cl. The number of piperidine rings is 1. The number of carbonyl (C=O) groups is 1. The third-order valence-electron chi connectivity index (χ3n) is 2.91. The van der Waals surface area contributed by atoms with Crippen LogP contribution in [0.15, 0.2) is 18.5 Å². The molecular formula is C13H20Cl2N4O2. The summed E-state index contributed by atoms with van der Waals surface area (Å²) in [7, 11) is 1.34. The lowest BCUT2D eigenvalue weighted by Gasteiger charge is -2.24. The van der Waals surface area contributed by atoms with E-state index in [1.807, 2.05) is 0 Å². The maximum Gasteiger partial charge on any atom is 0.330 e. The van der Waals surface area contributed by atoms with Gasteiger partial charge >= 0.3 is 5.97 Å². The first-order valence-corrected chi connectivity index (χ1v) is 6.33. The lowest BCUT2D eigenvalue weighted by molar-refractivity contribution is -0.134. The van der Waals surface area contributed by atoms with Gasteiger partial charge in [0, 0.05) is 18.7 Å². The van der Waals surface area contributed by atoms with Gasteiger partial charge in [-0.1, -0.05) is 0 Å². The molecule has 1 aromatic rings. The van der Waals surface area contributed by atoms with Crippen molar-refractivity contribution in [2.75, 3.05) is 25.5 Å². The summed E-state index contributed by atoms with van der Waals surface area (Å²) in [6, 6.07) is 0.402. The maximum atomic E-state index is 10.9. The van der Waals surface area contributed by atoms with Crippen LogP contribution < -0.4 is 10.6 Å². The highest BCUT2D eigenvalue weighted by atomic mass is 35.5. The molecule has 1 saturated heterocycles. The highest BCUT2D eigenvalue weighted by Crippen LogP contribution is 2.09. The van der Waals surface area contributed by atoms with Crippen LogP contribution in [0.1, 0.15) is 18.5 Å². The summed E-state index contributed by atoms with van der Waals surface area (Å²) in [5, 5.41) is 6.66. The Bertz CT molecular complexity index is 448. The van der Waals surface area contributed by atoms with Gasteiger partial charge < -0.3 is 15.4 Å². The Morgan fingerprint density at radius 1 is 1.43 bits per heavy atom. The second kappa shape index (κ2) is 10.4.